The second-order valence-corrected chi connectivity index (χ2v) is 6.11. The molecular formula is C18H21N3O. The lowest BCUT2D eigenvalue weighted by Crippen LogP contribution is -2.44. The Morgan fingerprint density at radius 1 is 1.27 bits per heavy atom. The van der Waals surface area contributed by atoms with Gasteiger partial charge in [-0.3, -0.25) is 4.79 Å². The van der Waals surface area contributed by atoms with Crippen molar-refractivity contribution in [3.8, 4) is 0 Å². The first-order valence-electron chi connectivity index (χ1n) is 7.74. The number of carbonyl (C=O) groups is 1. The van der Waals surface area contributed by atoms with E-state index in [4.69, 9.17) is 0 Å². The van der Waals surface area contributed by atoms with Gasteiger partial charge in [0.05, 0.1) is 12.0 Å². The normalized spacial score (nSPS) is 21.1. The highest BCUT2D eigenvalue weighted by atomic mass is 16.2. The van der Waals surface area contributed by atoms with Crippen molar-refractivity contribution >= 4 is 5.91 Å². The third-order valence-electron chi connectivity index (χ3n) is 4.42. The van der Waals surface area contributed by atoms with E-state index in [2.05, 4.69) is 16.9 Å². The first-order valence-corrected chi connectivity index (χ1v) is 7.74. The van der Waals surface area contributed by atoms with Gasteiger partial charge in [0, 0.05) is 18.4 Å². The lowest BCUT2D eigenvalue weighted by atomic mass is 9.96. The number of rotatable bonds is 3. The molecule has 1 fully saturated rings. The van der Waals surface area contributed by atoms with Crippen molar-refractivity contribution in [3.05, 3.63) is 59.7 Å². The molecule has 0 saturated carbocycles. The van der Waals surface area contributed by atoms with E-state index in [-0.39, 0.29) is 5.91 Å². The highest BCUT2D eigenvalue weighted by Gasteiger charge is 2.43. The van der Waals surface area contributed by atoms with E-state index in [0.29, 0.717) is 6.42 Å². The van der Waals surface area contributed by atoms with E-state index < -0.39 is 5.54 Å². The molecule has 1 aromatic carbocycles. The Hall–Kier alpha value is -2.23. The van der Waals surface area contributed by atoms with Gasteiger partial charge in [-0.25, -0.2) is 9.97 Å². The number of amides is 1. The molecule has 1 aliphatic heterocycles. The number of nitrogens with zero attached hydrogens (tertiary/aromatic N) is 3. The van der Waals surface area contributed by atoms with Crippen LogP contribution in [0.25, 0.3) is 0 Å². The minimum Gasteiger partial charge on any atom is -0.330 e. The highest BCUT2D eigenvalue weighted by molar-refractivity contribution is 5.80. The largest absolute Gasteiger partial charge is 0.330 e. The fourth-order valence-electron chi connectivity index (χ4n) is 3.17. The summed E-state index contributed by atoms with van der Waals surface area (Å²) in [5.74, 6) is 0.905. The Morgan fingerprint density at radius 3 is 2.77 bits per heavy atom. The molecule has 1 aromatic heterocycles. The maximum atomic E-state index is 12.8. The smallest absolute Gasteiger partial charge is 0.227 e. The molecule has 3 rings (SSSR count). The van der Waals surface area contributed by atoms with Gasteiger partial charge in [0.2, 0.25) is 5.91 Å². The molecule has 1 saturated heterocycles. The Labute approximate surface area is 131 Å². The predicted molar refractivity (Wildman–Crippen MR) is 85.2 cm³/mol. The van der Waals surface area contributed by atoms with Gasteiger partial charge in [-0.15, -0.1) is 0 Å². The van der Waals surface area contributed by atoms with Crippen LogP contribution in [0.3, 0.4) is 0 Å². The molecule has 0 aliphatic carbocycles. The van der Waals surface area contributed by atoms with Crippen molar-refractivity contribution < 1.29 is 4.79 Å². The summed E-state index contributed by atoms with van der Waals surface area (Å²) in [5, 5.41) is 0. The minimum atomic E-state index is -0.391. The summed E-state index contributed by atoms with van der Waals surface area (Å²) in [6.07, 6.45) is 4.12. The van der Waals surface area contributed by atoms with Crippen LogP contribution in [-0.2, 0) is 16.8 Å². The van der Waals surface area contributed by atoms with E-state index >= 15 is 0 Å². The first-order chi connectivity index (χ1) is 10.6. The van der Waals surface area contributed by atoms with Gasteiger partial charge in [-0.2, -0.15) is 0 Å². The number of benzene rings is 1. The van der Waals surface area contributed by atoms with Crippen molar-refractivity contribution in [1.29, 1.82) is 0 Å². The van der Waals surface area contributed by atoms with Crippen LogP contribution in [0.5, 0.6) is 0 Å². The SMILES string of the molecule is Cc1ccnc([C@@]2(C)CCCN2C(=O)Cc2ccccc2)n1. The number of aromatic nitrogens is 2. The molecule has 2 heterocycles. The van der Waals surface area contributed by atoms with Gasteiger partial charge in [0.25, 0.3) is 0 Å². The second-order valence-electron chi connectivity index (χ2n) is 6.11. The zero-order valence-electron chi connectivity index (χ0n) is 13.1. The summed E-state index contributed by atoms with van der Waals surface area (Å²) in [7, 11) is 0. The van der Waals surface area contributed by atoms with E-state index in [1.54, 1.807) is 6.20 Å². The maximum absolute atomic E-state index is 12.8. The molecular weight excluding hydrogens is 274 g/mol. The molecule has 1 amide bonds. The molecule has 0 bridgehead atoms. The summed E-state index contributed by atoms with van der Waals surface area (Å²) in [6.45, 7) is 4.82. The molecule has 22 heavy (non-hydrogen) atoms. The molecule has 0 N–H and O–H groups in total. The van der Waals surface area contributed by atoms with Gasteiger partial charge < -0.3 is 4.90 Å². The van der Waals surface area contributed by atoms with E-state index in [0.717, 1.165) is 36.5 Å². The zero-order valence-corrected chi connectivity index (χ0v) is 13.1. The topological polar surface area (TPSA) is 46.1 Å². The number of likely N-dealkylation sites (tertiary alicyclic amines) is 1. The van der Waals surface area contributed by atoms with Crippen LogP contribution in [0.1, 0.15) is 36.8 Å². The molecule has 1 aliphatic rings. The average molecular weight is 295 g/mol. The highest BCUT2D eigenvalue weighted by Crippen LogP contribution is 2.37. The maximum Gasteiger partial charge on any atom is 0.227 e. The fraction of sp³-hybridized carbons (Fsp3) is 0.389. The Bertz CT molecular complexity index is 671. The number of hydrogen-bond donors (Lipinski definition) is 0. The third kappa shape index (κ3) is 2.73. The Morgan fingerprint density at radius 2 is 2.05 bits per heavy atom. The quantitative estimate of drug-likeness (QED) is 0.874. The summed E-state index contributed by atoms with van der Waals surface area (Å²) >= 11 is 0. The lowest BCUT2D eigenvalue weighted by Gasteiger charge is -2.34. The van der Waals surface area contributed by atoms with Crippen LogP contribution in [0.4, 0.5) is 0 Å². The Kier molecular flexibility index (Phi) is 3.92. The molecule has 1 atom stereocenters. The molecule has 4 heteroatoms. The fourth-order valence-corrected chi connectivity index (χ4v) is 3.17. The van der Waals surface area contributed by atoms with Crippen LogP contribution in [0, 0.1) is 6.92 Å². The number of aryl methyl sites for hydroxylation is 1. The monoisotopic (exact) mass is 295 g/mol. The molecule has 2 aromatic rings. The van der Waals surface area contributed by atoms with E-state index in [1.807, 2.05) is 48.2 Å². The molecule has 0 radical (unpaired) electrons. The molecule has 114 valence electrons. The second kappa shape index (κ2) is 5.87. The lowest BCUT2D eigenvalue weighted by molar-refractivity contribution is -0.134. The van der Waals surface area contributed by atoms with Crippen LogP contribution in [0.2, 0.25) is 0 Å². The van der Waals surface area contributed by atoms with Crippen molar-refractivity contribution in [1.82, 2.24) is 14.9 Å². The standard InChI is InChI=1S/C18H21N3O/c1-14-9-11-19-17(20-14)18(2)10-6-12-21(18)16(22)13-15-7-4-3-5-8-15/h3-5,7-9,11H,6,10,12-13H2,1-2H3/t18-/m1/s1. The van der Waals surface area contributed by atoms with Gasteiger partial charge in [0.1, 0.15) is 0 Å². The van der Waals surface area contributed by atoms with Crippen LogP contribution in [0.15, 0.2) is 42.6 Å². The minimum absolute atomic E-state index is 0.149. The van der Waals surface area contributed by atoms with E-state index in [9.17, 15) is 4.79 Å². The predicted octanol–water partition coefficient (Wildman–Crippen LogP) is 2.87. The van der Waals surface area contributed by atoms with Gasteiger partial charge in [-0.05, 0) is 38.3 Å². The summed E-state index contributed by atoms with van der Waals surface area (Å²) < 4.78 is 0. The summed E-state index contributed by atoms with van der Waals surface area (Å²) in [6, 6.07) is 11.8. The van der Waals surface area contributed by atoms with E-state index in [1.165, 1.54) is 0 Å². The first kappa shape index (κ1) is 14.7. The van der Waals surface area contributed by atoms with Gasteiger partial charge in [0.15, 0.2) is 5.82 Å². The van der Waals surface area contributed by atoms with Crippen LogP contribution < -0.4 is 0 Å². The van der Waals surface area contributed by atoms with Crippen LogP contribution >= 0.6 is 0 Å². The van der Waals surface area contributed by atoms with Crippen molar-refractivity contribution in [2.24, 2.45) is 0 Å². The molecule has 0 spiro atoms. The molecule has 4 nitrogen and oxygen atoms in total. The Balaban J connectivity index is 1.85. The third-order valence-corrected chi connectivity index (χ3v) is 4.42. The van der Waals surface area contributed by atoms with Gasteiger partial charge in [-0.1, -0.05) is 30.3 Å². The van der Waals surface area contributed by atoms with Gasteiger partial charge >= 0.3 is 0 Å². The van der Waals surface area contributed by atoms with Crippen molar-refractivity contribution in [2.75, 3.05) is 6.54 Å². The number of hydrogen-bond acceptors (Lipinski definition) is 3. The number of carbonyl (C=O) groups excluding carboxylic acids is 1. The summed E-state index contributed by atoms with van der Waals surface area (Å²) in [4.78, 5) is 23.7. The van der Waals surface area contributed by atoms with Crippen LogP contribution in [-0.4, -0.2) is 27.3 Å². The van der Waals surface area contributed by atoms with Crippen molar-refractivity contribution in [2.45, 2.75) is 38.6 Å². The average Bonchev–Trinajstić information content (AvgIpc) is 2.92. The molecule has 0 unspecified atom stereocenters. The summed E-state index contributed by atoms with van der Waals surface area (Å²) in [5.41, 5.74) is 1.60. The zero-order chi connectivity index (χ0) is 15.6. The van der Waals surface area contributed by atoms with Crippen molar-refractivity contribution in [3.63, 3.8) is 0 Å².